The summed E-state index contributed by atoms with van der Waals surface area (Å²) in [5.41, 5.74) is 10.7. The summed E-state index contributed by atoms with van der Waals surface area (Å²) in [6, 6.07) is 42.1. The second-order valence-electron chi connectivity index (χ2n) is 14.6. The van der Waals surface area contributed by atoms with Crippen LogP contribution in [0.5, 0.6) is 0 Å². The maximum atomic E-state index is 6.38. The first-order valence-corrected chi connectivity index (χ1v) is 20.9. The Balaban J connectivity index is 0.000000211. The van der Waals surface area contributed by atoms with Gasteiger partial charge in [0.1, 0.15) is 5.58 Å². The van der Waals surface area contributed by atoms with Gasteiger partial charge in [0, 0.05) is 37.9 Å². The van der Waals surface area contributed by atoms with Gasteiger partial charge >= 0.3 is 0 Å². The Morgan fingerprint density at radius 2 is 1.46 bits per heavy atom. The molecular weight excluding hydrogens is 805 g/mol. The molecule has 50 heavy (non-hydrogen) atoms. The Morgan fingerprint density at radius 1 is 0.740 bits per heavy atom. The maximum absolute atomic E-state index is 6.38. The molecule has 3 aromatic heterocycles. The fourth-order valence-corrected chi connectivity index (χ4v) is 8.01. The van der Waals surface area contributed by atoms with Gasteiger partial charge in [-0.05, 0) is 51.8 Å². The molecule has 0 aliphatic carbocycles. The van der Waals surface area contributed by atoms with E-state index in [4.69, 9.17) is 4.42 Å². The molecule has 0 saturated heterocycles. The van der Waals surface area contributed by atoms with Gasteiger partial charge in [-0.1, -0.05) is 143 Å². The summed E-state index contributed by atoms with van der Waals surface area (Å²) in [7, 11) is -1.34. The average molecular weight is 851 g/mol. The first kappa shape index (κ1) is 37.1. The summed E-state index contributed by atoms with van der Waals surface area (Å²) in [5.74, 6) is 1.56. The third-order valence-corrected chi connectivity index (χ3v) is 11.5. The van der Waals surface area contributed by atoms with Crippen LogP contribution < -0.4 is 5.19 Å². The van der Waals surface area contributed by atoms with E-state index in [-0.39, 0.29) is 20.1 Å². The molecule has 0 saturated carbocycles. The van der Waals surface area contributed by atoms with Crippen molar-refractivity contribution in [1.29, 1.82) is 0 Å². The molecule has 0 amide bonds. The predicted molar refractivity (Wildman–Crippen MR) is 210 cm³/mol. The zero-order chi connectivity index (χ0) is 34.7. The molecule has 3 nitrogen and oxygen atoms in total. The zero-order valence-electron chi connectivity index (χ0n) is 30.3. The van der Waals surface area contributed by atoms with Gasteiger partial charge in [0.15, 0.2) is 0 Å². The van der Waals surface area contributed by atoms with E-state index in [1.54, 1.807) is 0 Å². The maximum Gasteiger partial charge on any atom is 0.120 e. The second-order valence-corrected chi connectivity index (χ2v) is 19.6. The van der Waals surface area contributed by atoms with Crippen molar-refractivity contribution in [2.45, 2.75) is 66.1 Å². The van der Waals surface area contributed by atoms with Crippen LogP contribution in [0, 0.1) is 18.1 Å². The van der Waals surface area contributed by atoms with Crippen molar-refractivity contribution in [3.8, 4) is 33.6 Å². The Hall–Kier alpha value is -4.15. The average Bonchev–Trinajstić information content (AvgIpc) is 3.51. The summed E-state index contributed by atoms with van der Waals surface area (Å²) < 4.78 is 6.38. The van der Waals surface area contributed by atoms with Gasteiger partial charge in [-0.2, -0.15) is 0 Å². The minimum atomic E-state index is -1.34. The van der Waals surface area contributed by atoms with Gasteiger partial charge in [-0.25, -0.2) is 0 Å². The van der Waals surface area contributed by atoms with E-state index < -0.39 is 8.07 Å². The zero-order valence-corrected chi connectivity index (χ0v) is 33.7. The fourth-order valence-electron chi connectivity index (χ4n) is 6.33. The third-order valence-electron chi connectivity index (χ3n) is 9.45. The molecule has 0 fully saturated rings. The van der Waals surface area contributed by atoms with Crippen molar-refractivity contribution >= 4 is 35.2 Å². The molecule has 257 valence electrons. The second kappa shape index (κ2) is 15.8. The van der Waals surface area contributed by atoms with Crippen molar-refractivity contribution in [3.05, 3.63) is 139 Å². The molecular formula is C45H46IrN2OSi-2. The SMILES string of the molecule is CC(C)C(C)c1ccnc(-c2[c-]cc(-c3ccccc3)c3c2oc2ccccc23)c1.CC(C)c1cc(-c2[c-]cccc2)ncc1[Si](C)(C)C.[Ir]. The molecule has 0 bridgehead atoms. The normalized spacial score (nSPS) is 12.1. The molecule has 0 aliphatic rings. The summed E-state index contributed by atoms with van der Waals surface area (Å²) in [4.78, 5) is 9.34. The Labute approximate surface area is 312 Å². The molecule has 7 aromatic rings. The van der Waals surface area contributed by atoms with Crippen LogP contribution in [-0.4, -0.2) is 18.0 Å². The molecule has 3 heterocycles. The van der Waals surface area contributed by atoms with E-state index in [2.05, 4.69) is 149 Å². The Kier molecular flexibility index (Phi) is 11.7. The Morgan fingerprint density at radius 3 is 2.14 bits per heavy atom. The van der Waals surface area contributed by atoms with Crippen LogP contribution in [0.3, 0.4) is 0 Å². The van der Waals surface area contributed by atoms with E-state index in [1.807, 2.05) is 42.6 Å². The van der Waals surface area contributed by atoms with Gasteiger partial charge in [-0.15, -0.1) is 48.0 Å². The van der Waals surface area contributed by atoms with Gasteiger partial charge in [0.2, 0.25) is 0 Å². The number of rotatable bonds is 7. The van der Waals surface area contributed by atoms with E-state index in [0.29, 0.717) is 17.8 Å². The minimum Gasteiger partial charge on any atom is -0.501 e. The van der Waals surface area contributed by atoms with Crippen LogP contribution in [0.15, 0.2) is 120 Å². The first-order valence-electron chi connectivity index (χ1n) is 17.4. The number of hydrogen-bond donors (Lipinski definition) is 0. The van der Waals surface area contributed by atoms with Gasteiger partial charge in [0.05, 0.1) is 13.7 Å². The molecule has 0 aliphatic heterocycles. The quantitative estimate of drug-likeness (QED) is 0.118. The number of aromatic nitrogens is 2. The molecule has 1 atom stereocenters. The topological polar surface area (TPSA) is 38.9 Å². The van der Waals surface area contributed by atoms with Gasteiger partial charge < -0.3 is 14.4 Å². The summed E-state index contributed by atoms with van der Waals surface area (Å²) in [6.07, 6.45) is 3.99. The van der Waals surface area contributed by atoms with Crippen LogP contribution in [0.25, 0.3) is 55.6 Å². The molecule has 5 heteroatoms. The van der Waals surface area contributed by atoms with Crippen LogP contribution >= 0.6 is 0 Å². The van der Waals surface area contributed by atoms with E-state index >= 15 is 0 Å². The first-order chi connectivity index (χ1) is 23.5. The number of pyridine rings is 2. The summed E-state index contributed by atoms with van der Waals surface area (Å²) >= 11 is 0. The summed E-state index contributed by atoms with van der Waals surface area (Å²) in [5, 5.41) is 3.71. The van der Waals surface area contributed by atoms with Crippen molar-refractivity contribution in [2.75, 3.05) is 0 Å². The predicted octanol–water partition coefficient (Wildman–Crippen LogP) is 12.1. The number of fused-ring (bicyclic) bond motifs is 3. The largest absolute Gasteiger partial charge is 0.501 e. The third kappa shape index (κ3) is 7.91. The van der Waals surface area contributed by atoms with Crippen molar-refractivity contribution in [1.82, 2.24) is 9.97 Å². The monoisotopic (exact) mass is 851 g/mol. The molecule has 1 radical (unpaired) electrons. The van der Waals surface area contributed by atoms with E-state index in [0.717, 1.165) is 55.6 Å². The smallest absolute Gasteiger partial charge is 0.120 e. The van der Waals surface area contributed by atoms with Gasteiger partial charge in [-0.3, -0.25) is 0 Å². The van der Waals surface area contributed by atoms with Crippen LogP contribution in [0.4, 0.5) is 0 Å². The fraction of sp³-hybridized carbons (Fsp3) is 0.244. The van der Waals surface area contributed by atoms with Crippen LogP contribution in [0.1, 0.15) is 57.6 Å². The number of hydrogen-bond acceptors (Lipinski definition) is 3. The molecule has 4 aromatic carbocycles. The van der Waals surface area contributed by atoms with Crippen LogP contribution in [0.2, 0.25) is 19.6 Å². The molecule has 0 N–H and O–H groups in total. The number of furan rings is 1. The van der Waals surface area contributed by atoms with Crippen molar-refractivity contribution < 1.29 is 24.5 Å². The Bertz CT molecular complexity index is 2180. The molecule has 0 spiro atoms. The molecule has 1 unspecified atom stereocenters. The standard InChI is InChI=1S/C28H24NO.C17H22NSi.Ir/c1-18(2)19(3)21-15-16-29-25(17-21)23-14-13-22(20-9-5-4-6-10-20)27-24-11-7-8-12-26(24)30-28(23)27;1-13(2)15-11-16(14-9-7-6-8-10-14)18-12-17(15)19(3,4)5;/h4-13,15-19H,1-3H3;6-9,11-13H,1-5H3;/q2*-1;. The van der Waals surface area contributed by atoms with Crippen molar-refractivity contribution in [2.24, 2.45) is 5.92 Å². The van der Waals surface area contributed by atoms with Gasteiger partial charge in [0.25, 0.3) is 0 Å². The van der Waals surface area contributed by atoms with Crippen molar-refractivity contribution in [3.63, 3.8) is 0 Å². The summed E-state index contributed by atoms with van der Waals surface area (Å²) in [6.45, 7) is 18.4. The number of para-hydroxylation sites is 1. The van der Waals surface area contributed by atoms with E-state index in [9.17, 15) is 0 Å². The number of nitrogens with zero attached hydrogens (tertiary/aromatic N) is 2. The van der Waals surface area contributed by atoms with E-state index in [1.165, 1.54) is 16.3 Å². The minimum absolute atomic E-state index is 0. The number of benzene rings is 4. The molecule has 7 rings (SSSR count). The van der Waals surface area contributed by atoms with Crippen LogP contribution in [-0.2, 0) is 20.1 Å².